The summed E-state index contributed by atoms with van der Waals surface area (Å²) in [5.41, 5.74) is 1.19. The molecule has 1 heterocycles. The third kappa shape index (κ3) is 4.38. The second-order valence-corrected chi connectivity index (χ2v) is 7.11. The summed E-state index contributed by atoms with van der Waals surface area (Å²) in [6.45, 7) is 1.65. The van der Waals surface area contributed by atoms with E-state index < -0.39 is 23.6 Å². The van der Waals surface area contributed by atoms with Gasteiger partial charge in [0.15, 0.2) is 0 Å². The Morgan fingerprint density at radius 2 is 1.86 bits per heavy atom. The number of amides is 1. The van der Waals surface area contributed by atoms with Gasteiger partial charge in [-0.25, -0.2) is 18.2 Å². The molecule has 0 aliphatic carbocycles. The summed E-state index contributed by atoms with van der Waals surface area (Å²) in [4.78, 5) is 17.2. The van der Waals surface area contributed by atoms with Crippen molar-refractivity contribution in [2.24, 2.45) is 0 Å². The largest absolute Gasteiger partial charge is 0.332 e. The Balaban J connectivity index is 1.77. The summed E-state index contributed by atoms with van der Waals surface area (Å²) in [6, 6.07) is 9.30. The molecule has 0 aliphatic rings. The molecule has 8 heteroatoms. The van der Waals surface area contributed by atoms with Crippen LogP contribution < -0.4 is 5.32 Å². The number of nitriles is 1. The van der Waals surface area contributed by atoms with E-state index in [-0.39, 0.29) is 11.4 Å². The van der Waals surface area contributed by atoms with Crippen molar-refractivity contribution in [1.82, 2.24) is 10.3 Å². The van der Waals surface area contributed by atoms with Gasteiger partial charge in [0.1, 0.15) is 28.4 Å². The lowest BCUT2D eigenvalue weighted by molar-refractivity contribution is 0.0948. The van der Waals surface area contributed by atoms with Crippen molar-refractivity contribution in [3.63, 3.8) is 0 Å². The molecular weight excluding hydrogens is 387 g/mol. The Bertz CT molecular complexity index is 1060. The molecule has 1 unspecified atom stereocenters. The predicted octanol–water partition coefficient (Wildman–Crippen LogP) is 4.45. The summed E-state index contributed by atoms with van der Waals surface area (Å²) < 4.78 is 40.0. The monoisotopic (exact) mass is 401 g/mol. The van der Waals surface area contributed by atoms with Crippen molar-refractivity contribution in [2.45, 2.75) is 19.4 Å². The van der Waals surface area contributed by atoms with Crippen LogP contribution in [0.5, 0.6) is 0 Å². The van der Waals surface area contributed by atoms with Crippen molar-refractivity contribution in [3.8, 4) is 6.07 Å². The van der Waals surface area contributed by atoms with Crippen molar-refractivity contribution in [3.05, 3.63) is 86.6 Å². The van der Waals surface area contributed by atoms with E-state index >= 15 is 0 Å². The van der Waals surface area contributed by atoms with E-state index in [4.69, 9.17) is 0 Å². The summed E-state index contributed by atoms with van der Waals surface area (Å²) in [6.07, 6.45) is 0.424. The van der Waals surface area contributed by atoms with Gasteiger partial charge >= 0.3 is 0 Å². The number of nitrogens with one attached hydrogen (secondary N) is 1. The third-order valence-corrected chi connectivity index (χ3v) is 5.15. The van der Waals surface area contributed by atoms with Crippen molar-refractivity contribution in [2.75, 3.05) is 0 Å². The number of nitrogens with zero attached hydrogens (tertiary/aromatic N) is 2. The maximum absolute atomic E-state index is 13.9. The van der Waals surface area contributed by atoms with Gasteiger partial charge < -0.3 is 5.32 Å². The van der Waals surface area contributed by atoms with Gasteiger partial charge in [-0.2, -0.15) is 5.26 Å². The zero-order chi connectivity index (χ0) is 20.3. The Kier molecular flexibility index (Phi) is 5.76. The lowest BCUT2D eigenvalue weighted by Gasteiger charge is -2.12. The number of rotatable bonds is 5. The van der Waals surface area contributed by atoms with Crippen LogP contribution in [0.2, 0.25) is 0 Å². The van der Waals surface area contributed by atoms with Gasteiger partial charge in [0, 0.05) is 18.1 Å². The zero-order valence-corrected chi connectivity index (χ0v) is 15.5. The minimum atomic E-state index is -1.27. The highest BCUT2D eigenvalue weighted by atomic mass is 32.1. The molecule has 3 aromatic rings. The first kappa shape index (κ1) is 19.6. The number of halogens is 3. The van der Waals surface area contributed by atoms with Gasteiger partial charge in [0.2, 0.25) is 0 Å². The molecule has 0 saturated heterocycles. The van der Waals surface area contributed by atoms with E-state index in [9.17, 15) is 23.2 Å². The fourth-order valence-corrected chi connectivity index (χ4v) is 3.63. The molecule has 0 spiro atoms. The number of aryl methyl sites for hydroxylation is 1. The lowest BCUT2D eigenvalue weighted by Crippen LogP contribution is -2.28. The van der Waals surface area contributed by atoms with Crippen LogP contribution in [0.1, 0.15) is 37.5 Å². The van der Waals surface area contributed by atoms with Gasteiger partial charge in [-0.15, -0.1) is 11.3 Å². The van der Waals surface area contributed by atoms with Crippen LogP contribution in [0.25, 0.3) is 0 Å². The van der Waals surface area contributed by atoms with Crippen molar-refractivity contribution >= 4 is 17.2 Å². The number of carbonyl (C=O) groups excluding carboxylic acids is 1. The molecule has 142 valence electrons. The molecule has 1 amide bonds. The number of benzene rings is 2. The molecule has 4 nitrogen and oxygen atoms in total. The standard InChI is InChI=1S/C20H14F3N3OS/c1-11-19(28-18(25-11)8-12-2-4-13(21)5-3-12)20(27)26-17(10-24)15-7-6-14(22)9-16(15)23/h2-7,9,17H,8H2,1H3,(H,26,27). The van der Waals surface area contributed by atoms with Gasteiger partial charge in [-0.05, 0) is 30.7 Å². The minimum absolute atomic E-state index is 0.119. The highest BCUT2D eigenvalue weighted by Crippen LogP contribution is 2.23. The van der Waals surface area contributed by atoms with E-state index in [1.807, 2.05) is 0 Å². The van der Waals surface area contributed by atoms with E-state index in [0.717, 1.165) is 29.0 Å². The maximum Gasteiger partial charge on any atom is 0.264 e. The van der Waals surface area contributed by atoms with Crippen LogP contribution in [0.4, 0.5) is 13.2 Å². The summed E-state index contributed by atoms with van der Waals surface area (Å²) in [5.74, 6) is -2.59. The van der Waals surface area contributed by atoms with E-state index in [1.165, 1.54) is 12.1 Å². The summed E-state index contributed by atoms with van der Waals surface area (Å²) >= 11 is 1.14. The molecule has 0 aliphatic heterocycles. The first-order chi connectivity index (χ1) is 13.4. The maximum atomic E-state index is 13.9. The SMILES string of the molecule is Cc1nc(Cc2ccc(F)cc2)sc1C(=O)NC(C#N)c1ccc(F)cc1F. The highest BCUT2D eigenvalue weighted by molar-refractivity contribution is 7.13. The van der Waals surface area contributed by atoms with Crippen LogP contribution in [0, 0.1) is 35.7 Å². The van der Waals surface area contributed by atoms with Crippen LogP contribution in [0.15, 0.2) is 42.5 Å². The van der Waals surface area contributed by atoms with Crippen molar-refractivity contribution < 1.29 is 18.0 Å². The Labute approximate surface area is 163 Å². The molecule has 1 aromatic heterocycles. The normalized spacial score (nSPS) is 11.7. The van der Waals surface area contributed by atoms with Gasteiger partial charge in [0.25, 0.3) is 5.91 Å². The number of hydrogen-bond donors (Lipinski definition) is 1. The predicted molar refractivity (Wildman–Crippen MR) is 98.2 cm³/mol. The van der Waals surface area contributed by atoms with E-state index in [0.29, 0.717) is 28.1 Å². The second kappa shape index (κ2) is 8.23. The second-order valence-electron chi connectivity index (χ2n) is 6.03. The highest BCUT2D eigenvalue weighted by Gasteiger charge is 2.22. The average Bonchev–Trinajstić information content (AvgIpc) is 3.02. The Morgan fingerprint density at radius 3 is 2.50 bits per heavy atom. The van der Waals surface area contributed by atoms with Crippen LogP contribution in [-0.2, 0) is 6.42 Å². The molecule has 0 saturated carbocycles. The number of thiazole rings is 1. The van der Waals surface area contributed by atoms with E-state index in [2.05, 4.69) is 10.3 Å². The molecule has 2 aromatic carbocycles. The lowest BCUT2D eigenvalue weighted by atomic mass is 10.1. The number of carbonyl (C=O) groups is 1. The van der Waals surface area contributed by atoms with Crippen molar-refractivity contribution in [1.29, 1.82) is 5.26 Å². The molecular formula is C20H14F3N3OS. The fourth-order valence-electron chi connectivity index (χ4n) is 2.63. The van der Waals surface area contributed by atoms with E-state index in [1.54, 1.807) is 25.1 Å². The molecule has 0 fully saturated rings. The quantitative estimate of drug-likeness (QED) is 0.687. The molecule has 3 rings (SSSR count). The first-order valence-corrected chi connectivity index (χ1v) is 9.05. The molecule has 1 N–H and O–H groups in total. The number of aromatic nitrogens is 1. The fraction of sp³-hybridized carbons (Fsp3) is 0.150. The molecule has 28 heavy (non-hydrogen) atoms. The van der Waals surface area contributed by atoms with Gasteiger partial charge in [0.05, 0.1) is 16.8 Å². The molecule has 0 radical (unpaired) electrons. The third-order valence-electron chi connectivity index (χ3n) is 3.99. The topological polar surface area (TPSA) is 65.8 Å². The number of hydrogen-bond acceptors (Lipinski definition) is 4. The minimum Gasteiger partial charge on any atom is -0.332 e. The zero-order valence-electron chi connectivity index (χ0n) is 14.7. The first-order valence-electron chi connectivity index (χ1n) is 8.23. The van der Waals surface area contributed by atoms with Gasteiger partial charge in [-0.3, -0.25) is 4.79 Å². The van der Waals surface area contributed by atoms with Crippen LogP contribution in [0.3, 0.4) is 0 Å². The molecule has 0 bridgehead atoms. The molecule has 1 atom stereocenters. The van der Waals surface area contributed by atoms with Gasteiger partial charge in [-0.1, -0.05) is 18.2 Å². The smallest absolute Gasteiger partial charge is 0.264 e. The average molecular weight is 401 g/mol. The van der Waals surface area contributed by atoms with Crippen LogP contribution in [-0.4, -0.2) is 10.9 Å². The summed E-state index contributed by atoms with van der Waals surface area (Å²) in [5, 5.41) is 12.4. The Hall–Kier alpha value is -3.18. The Morgan fingerprint density at radius 1 is 1.18 bits per heavy atom. The summed E-state index contributed by atoms with van der Waals surface area (Å²) in [7, 11) is 0. The van der Waals surface area contributed by atoms with Crippen LogP contribution >= 0.6 is 11.3 Å².